The van der Waals surface area contributed by atoms with E-state index < -0.39 is 10.1 Å². The standard InChI is InChI=1S/C21H27N7O6S/c1-2-28-19-16(33-13-14-5-3-7-27(12-14)8-10-35(30,31)32)11-23-15(6-4-9-29)17(19)24-21(28)18-20(22)26-34-25-18/h11,14,29H,2-3,5,7-10,12-13H2,1H3,(H2,22,26)(H,30,31,32). The zero-order chi connectivity index (χ0) is 25.0. The Hall–Kier alpha value is -3.25. The molecule has 3 aromatic heterocycles. The number of aromatic nitrogens is 5. The fraction of sp³-hybridized carbons (Fsp3) is 0.524. The fourth-order valence-electron chi connectivity index (χ4n) is 4.22. The summed E-state index contributed by atoms with van der Waals surface area (Å²) < 4.78 is 44.1. The highest BCUT2D eigenvalue weighted by atomic mass is 32.2. The van der Waals surface area contributed by atoms with E-state index in [1.165, 1.54) is 0 Å². The molecule has 4 rings (SSSR count). The summed E-state index contributed by atoms with van der Waals surface area (Å²) in [6.45, 7) is 4.22. The molecule has 14 heteroatoms. The summed E-state index contributed by atoms with van der Waals surface area (Å²) in [7, 11) is -4.00. The maximum Gasteiger partial charge on any atom is 0.266 e. The van der Waals surface area contributed by atoms with Crippen LogP contribution in [-0.4, -0.2) is 86.4 Å². The van der Waals surface area contributed by atoms with Gasteiger partial charge >= 0.3 is 0 Å². The largest absolute Gasteiger partial charge is 0.489 e. The van der Waals surface area contributed by atoms with Crippen molar-refractivity contribution in [1.29, 1.82) is 0 Å². The second-order valence-electron chi connectivity index (χ2n) is 8.21. The van der Waals surface area contributed by atoms with Gasteiger partial charge in [-0.05, 0) is 42.5 Å². The summed E-state index contributed by atoms with van der Waals surface area (Å²) >= 11 is 0. The van der Waals surface area contributed by atoms with Crippen LogP contribution >= 0.6 is 0 Å². The molecule has 0 saturated carbocycles. The molecule has 3 aromatic rings. The third kappa shape index (κ3) is 5.70. The summed E-state index contributed by atoms with van der Waals surface area (Å²) in [4.78, 5) is 11.1. The number of fused-ring (bicyclic) bond motifs is 1. The number of anilines is 1. The van der Waals surface area contributed by atoms with Crippen LogP contribution in [0.4, 0.5) is 5.82 Å². The molecule has 0 aliphatic carbocycles. The minimum Gasteiger partial charge on any atom is -0.489 e. The smallest absolute Gasteiger partial charge is 0.266 e. The van der Waals surface area contributed by atoms with Gasteiger partial charge in [0, 0.05) is 25.6 Å². The first-order valence-corrected chi connectivity index (χ1v) is 12.8. The van der Waals surface area contributed by atoms with Crippen molar-refractivity contribution in [2.75, 3.05) is 44.3 Å². The van der Waals surface area contributed by atoms with E-state index in [4.69, 9.17) is 24.8 Å². The highest BCUT2D eigenvalue weighted by molar-refractivity contribution is 7.85. The van der Waals surface area contributed by atoms with Gasteiger partial charge in [0.2, 0.25) is 0 Å². The van der Waals surface area contributed by atoms with E-state index in [-0.39, 0.29) is 36.3 Å². The molecule has 1 aliphatic heterocycles. The van der Waals surface area contributed by atoms with Crippen LogP contribution in [0.3, 0.4) is 0 Å². The van der Waals surface area contributed by atoms with Gasteiger partial charge in [0.05, 0.1) is 18.6 Å². The molecule has 1 fully saturated rings. The first kappa shape index (κ1) is 24.9. The number of nitrogen functional groups attached to an aromatic ring is 1. The predicted octanol–water partition coefficient (Wildman–Crippen LogP) is 0.406. The van der Waals surface area contributed by atoms with Crippen LogP contribution in [0.1, 0.15) is 25.5 Å². The van der Waals surface area contributed by atoms with Crippen molar-refractivity contribution in [3.63, 3.8) is 0 Å². The predicted molar refractivity (Wildman–Crippen MR) is 126 cm³/mol. The van der Waals surface area contributed by atoms with Gasteiger partial charge in [0.25, 0.3) is 10.1 Å². The average Bonchev–Trinajstić information content (AvgIpc) is 3.43. The molecule has 0 aromatic carbocycles. The maximum absolute atomic E-state index is 11.1. The minimum absolute atomic E-state index is 0.0978. The molecule has 0 bridgehead atoms. The van der Waals surface area contributed by atoms with Crippen LogP contribution < -0.4 is 10.5 Å². The number of likely N-dealkylation sites (tertiary alicyclic amines) is 1. The lowest BCUT2D eigenvalue weighted by molar-refractivity contribution is 0.135. The van der Waals surface area contributed by atoms with E-state index in [1.54, 1.807) is 6.20 Å². The van der Waals surface area contributed by atoms with Crippen molar-refractivity contribution in [2.24, 2.45) is 5.92 Å². The zero-order valence-electron chi connectivity index (χ0n) is 19.2. The Bertz CT molecular complexity index is 1360. The van der Waals surface area contributed by atoms with Crippen LogP contribution in [0, 0.1) is 17.8 Å². The summed E-state index contributed by atoms with van der Waals surface area (Å²) in [6.07, 6.45) is 3.40. The average molecular weight is 506 g/mol. The topological polar surface area (TPSA) is 183 Å². The van der Waals surface area contributed by atoms with Crippen molar-refractivity contribution < 1.29 is 27.4 Å². The number of aryl methyl sites for hydroxylation is 1. The minimum atomic E-state index is -4.00. The van der Waals surface area contributed by atoms with Crippen molar-refractivity contribution in [3.8, 4) is 29.1 Å². The summed E-state index contributed by atoms with van der Waals surface area (Å²) in [5, 5.41) is 16.6. The summed E-state index contributed by atoms with van der Waals surface area (Å²) in [5.41, 5.74) is 7.70. The number of aliphatic hydroxyl groups excluding tert-OH is 1. The molecule has 0 spiro atoms. The highest BCUT2D eigenvalue weighted by Gasteiger charge is 2.25. The number of ether oxygens (including phenoxy) is 1. The zero-order valence-corrected chi connectivity index (χ0v) is 20.0. The molecule has 0 amide bonds. The number of imidazole rings is 1. The SMILES string of the molecule is CCn1c(-c2nonc2N)nc2c(C#CCO)ncc(OCC3CCCN(CCS(=O)(=O)O)C3)c21. The molecule has 1 saturated heterocycles. The lowest BCUT2D eigenvalue weighted by atomic mass is 9.99. The third-order valence-corrected chi connectivity index (χ3v) is 6.51. The fourth-order valence-corrected chi connectivity index (χ4v) is 4.70. The van der Waals surface area contributed by atoms with Gasteiger partial charge in [-0.2, -0.15) is 8.42 Å². The quantitative estimate of drug-likeness (QED) is 0.283. The number of hydrogen-bond acceptors (Lipinski definition) is 11. The lowest BCUT2D eigenvalue weighted by Crippen LogP contribution is -2.40. The van der Waals surface area contributed by atoms with Gasteiger partial charge in [0.15, 0.2) is 23.1 Å². The van der Waals surface area contributed by atoms with E-state index in [0.717, 1.165) is 19.4 Å². The highest BCUT2D eigenvalue weighted by Crippen LogP contribution is 2.33. The van der Waals surface area contributed by atoms with Gasteiger partial charge in [-0.1, -0.05) is 5.92 Å². The van der Waals surface area contributed by atoms with Gasteiger partial charge in [-0.15, -0.1) is 0 Å². The molecule has 13 nitrogen and oxygen atoms in total. The molecule has 1 atom stereocenters. The Labute approximate surface area is 202 Å². The van der Waals surface area contributed by atoms with Crippen LogP contribution in [0.2, 0.25) is 0 Å². The Morgan fingerprint density at radius 1 is 1.37 bits per heavy atom. The van der Waals surface area contributed by atoms with Gasteiger partial charge in [0.1, 0.15) is 23.3 Å². The Kier molecular flexibility index (Phi) is 7.51. The molecule has 1 unspecified atom stereocenters. The van der Waals surface area contributed by atoms with Crippen LogP contribution in [0.25, 0.3) is 22.6 Å². The number of aliphatic hydroxyl groups is 1. The van der Waals surface area contributed by atoms with Crippen LogP contribution in [0.15, 0.2) is 10.8 Å². The van der Waals surface area contributed by atoms with E-state index >= 15 is 0 Å². The molecular formula is C21H27N7O6S. The van der Waals surface area contributed by atoms with Crippen molar-refractivity contribution >= 4 is 27.0 Å². The Morgan fingerprint density at radius 3 is 2.89 bits per heavy atom. The van der Waals surface area contributed by atoms with Crippen LogP contribution in [0.5, 0.6) is 5.75 Å². The summed E-state index contributed by atoms with van der Waals surface area (Å²) in [5.74, 6) is 6.32. The van der Waals surface area contributed by atoms with E-state index in [9.17, 15) is 8.42 Å². The summed E-state index contributed by atoms with van der Waals surface area (Å²) in [6, 6.07) is 0. The third-order valence-electron chi connectivity index (χ3n) is 5.81. The first-order chi connectivity index (χ1) is 16.8. The molecule has 1 aliphatic rings. The molecule has 4 heterocycles. The first-order valence-electron chi connectivity index (χ1n) is 11.2. The number of rotatable bonds is 8. The number of piperidine rings is 1. The Morgan fingerprint density at radius 2 is 2.20 bits per heavy atom. The second-order valence-corrected chi connectivity index (χ2v) is 9.78. The number of pyridine rings is 1. The molecule has 0 radical (unpaired) electrons. The maximum atomic E-state index is 11.1. The van der Waals surface area contributed by atoms with Gasteiger partial charge < -0.3 is 25.0 Å². The van der Waals surface area contributed by atoms with E-state index in [2.05, 4.69) is 32.1 Å². The lowest BCUT2D eigenvalue weighted by Gasteiger charge is -2.32. The number of nitrogens with zero attached hydrogens (tertiary/aromatic N) is 6. The van der Waals surface area contributed by atoms with Gasteiger partial charge in [-0.25, -0.2) is 14.6 Å². The van der Waals surface area contributed by atoms with Gasteiger partial charge in [-0.3, -0.25) is 4.55 Å². The van der Waals surface area contributed by atoms with Crippen LogP contribution in [-0.2, 0) is 16.7 Å². The van der Waals surface area contributed by atoms with Crippen molar-refractivity contribution in [1.82, 2.24) is 29.7 Å². The van der Waals surface area contributed by atoms with Crippen molar-refractivity contribution in [3.05, 3.63) is 11.9 Å². The second kappa shape index (κ2) is 10.6. The monoisotopic (exact) mass is 505 g/mol. The molecule has 35 heavy (non-hydrogen) atoms. The number of hydrogen-bond donors (Lipinski definition) is 3. The van der Waals surface area contributed by atoms with Crippen molar-refractivity contribution in [2.45, 2.75) is 26.3 Å². The molecule has 188 valence electrons. The molecular weight excluding hydrogens is 478 g/mol. The normalized spacial score (nSPS) is 16.8. The Balaban J connectivity index is 1.62. The molecule has 4 N–H and O–H groups in total. The number of nitrogens with two attached hydrogens (primary N) is 1. The van der Waals surface area contributed by atoms with E-state index in [1.807, 2.05) is 16.4 Å². The van der Waals surface area contributed by atoms with E-state index in [0.29, 0.717) is 48.0 Å².